The van der Waals surface area contributed by atoms with Crippen molar-refractivity contribution in [3.05, 3.63) is 30.1 Å². The Kier molecular flexibility index (Phi) is 3.51. The molecular weight excluding hydrogens is 207 g/mol. The van der Waals surface area contributed by atoms with Crippen LogP contribution in [-0.2, 0) is 4.79 Å². The fourth-order valence-corrected chi connectivity index (χ4v) is 1.86. The molecule has 1 amide bonds. The summed E-state index contributed by atoms with van der Waals surface area (Å²) in [5, 5.41) is 5.73. The number of anilines is 1. The molecule has 1 saturated heterocycles. The minimum atomic E-state index is -0.397. The number of nitrogens with one attached hydrogen (secondary N) is 2. The quantitative estimate of drug-likeness (QED) is 0.802. The number of carbonyl (C=O) groups is 1. The molecule has 1 aromatic rings. The van der Waals surface area contributed by atoms with Gasteiger partial charge in [-0.1, -0.05) is 18.6 Å². The monoisotopic (exact) mass is 222 g/mol. The predicted octanol–water partition coefficient (Wildman–Crippen LogP) is 1.91. The van der Waals surface area contributed by atoms with Gasteiger partial charge in [-0.15, -0.1) is 0 Å². The van der Waals surface area contributed by atoms with E-state index in [1.165, 1.54) is 6.07 Å². The van der Waals surface area contributed by atoms with Crippen molar-refractivity contribution in [3.63, 3.8) is 0 Å². The molecule has 4 heteroatoms. The fraction of sp³-hybridized carbons (Fsp3) is 0.417. The second-order valence-corrected chi connectivity index (χ2v) is 3.97. The SMILES string of the molecule is O=C(Nc1ccccc1F)C1CCCCN1. The molecule has 1 atom stereocenters. The topological polar surface area (TPSA) is 41.1 Å². The van der Waals surface area contributed by atoms with E-state index in [2.05, 4.69) is 10.6 Å². The van der Waals surface area contributed by atoms with E-state index < -0.39 is 5.82 Å². The van der Waals surface area contributed by atoms with E-state index in [1.54, 1.807) is 18.2 Å². The Balaban J connectivity index is 1.99. The number of hydrogen-bond acceptors (Lipinski definition) is 2. The van der Waals surface area contributed by atoms with E-state index in [9.17, 15) is 9.18 Å². The van der Waals surface area contributed by atoms with Gasteiger partial charge < -0.3 is 10.6 Å². The molecule has 1 fully saturated rings. The van der Waals surface area contributed by atoms with Gasteiger partial charge in [0.2, 0.25) is 5.91 Å². The number of rotatable bonds is 2. The molecule has 0 spiro atoms. The summed E-state index contributed by atoms with van der Waals surface area (Å²) in [5.74, 6) is -0.545. The number of piperidine rings is 1. The molecule has 0 saturated carbocycles. The summed E-state index contributed by atoms with van der Waals surface area (Å²) < 4.78 is 13.3. The van der Waals surface area contributed by atoms with Gasteiger partial charge in [0.25, 0.3) is 0 Å². The van der Waals surface area contributed by atoms with Crippen LogP contribution in [0.15, 0.2) is 24.3 Å². The molecule has 1 aliphatic rings. The Hall–Kier alpha value is -1.42. The average molecular weight is 222 g/mol. The molecule has 1 heterocycles. The van der Waals surface area contributed by atoms with Crippen molar-refractivity contribution < 1.29 is 9.18 Å². The van der Waals surface area contributed by atoms with Crippen molar-refractivity contribution in [1.29, 1.82) is 0 Å². The number of amides is 1. The third-order valence-electron chi connectivity index (χ3n) is 2.76. The van der Waals surface area contributed by atoms with E-state index in [1.807, 2.05) is 0 Å². The lowest BCUT2D eigenvalue weighted by Crippen LogP contribution is -2.43. The van der Waals surface area contributed by atoms with Gasteiger partial charge in [0, 0.05) is 0 Å². The lowest BCUT2D eigenvalue weighted by molar-refractivity contribution is -0.118. The minimum absolute atomic E-state index is 0.148. The second kappa shape index (κ2) is 5.07. The van der Waals surface area contributed by atoms with E-state index in [0.29, 0.717) is 0 Å². The summed E-state index contributed by atoms with van der Waals surface area (Å²) in [7, 11) is 0. The van der Waals surface area contributed by atoms with Gasteiger partial charge in [0.15, 0.2) is 0 Å². The Morgan fingerprint density at radius 2 is 2.19 bits per heavy atom. The van der Waals surface area contributed by atoms with E-state index in [-0.39, 0.29) is 17.6 Å². The zero-order valence-corrected chi connectivity index (χ0v) is 9.00. The maximum Gasteiger partial charge on any atom is 0.241 e. The van der Waals surface area contributed by atoms with Gasteiger partial charge in [-0.2, -0.15) is 0 Å². The van der Waals surface area contributed by atoms with Crippen molar-refractivity contribution >= 4 is 11.6 Å². The van der Waals surface area contributed by atoms with Crippen LogP contribution in [-0.4, -0.2) is 18.5 Å². The largest absolute Gasteiger partial charge is 0.322 e. The molecule has 86 valence electrons. The zero-order chi connectivity index (χ0) is 11.4. The normalized spacial score (nSPS) is 20.4. The molecule has 1 unspecified atom stereocenters. The van der Waals surface area contributed by atoms with Crippen LogP contribution in [0.25, 0.3) is 0 Å². The first-order valence-electron chi connectivity index (χ1n) is 5.56. The van der Waals surface area contributed by atoms with Crippen LogP contribution in [0, 0.1) is 5.82 Å². The lowest BCUT2D eigenvalue weighted by atomic mass is 10.0. The minimum Gasteiger partial charge on any atom is -0.322 e. The smallest absolute Gasteiger partial charge is 0.241 e. The molecule has 3 nitrogen and oxygen atoms in total. The maximum absolute atomic E-state index is 13.3. The van der Waals surface area contributed by atoms with Crippen LogP contribution >= 0.6 is 0 Å². The van der Waals surface area contributed by atoms with Crippen LogP contribution in [0.1, 0.15) is 19.3 Å². The Bertz CT molecular complexity index is 375. The molecule has 0 aliphatic carbocycles. The molecule has 0 radical (unpaired) electrons. The van der Waals surface area contributed by atoms with Crippen molar-refractivity contribution in [2.45, 2.75) is 25.3 Å². The first kappa shape index (κ1) is 11.1. The number of hydrogen-bond donors (Lipinski definition) is 2. The first-order valence-corrected chi connectivity index (χ1v) is 5.56. The summed E-state index contributed by atoms with van der Waals surface area (Å²) in [6.07, 6.45) is 2.96. The van der Waals surface area contributed by atoms with Gasteiger partial charge in [0.1, 0.15) is 5.82 Å². The van der Waals surface area contributed by atoms with Crippen LogP contribution in [0.3, 0.4) is 0 Å². The van der Waals surface area contributed by atoms with Crippen LogP contribution < -0.4 is 10.6 Å². The molecule has 1 aliphatic heterocycles. The maximum atomic E-state index is 13.3. The summed E-state index contributed by atoms with van der Waals surface area (Å²) in [6, 6.07) is 6.02. The van der Waals surface area contributed by atoms with E-state index >= 15 is 0 Å². The number of halogens is 1. The highest BCUT2D eigenvalue weighted by atomic mass is 19.1. The van der Waals surface area contributed by atoms with E-state index in [0.717, 1.165) is 25.8 Å². The molecule has 1 aromatic carbocycles. The van der Waals surface area contributed by atoms with Gasteiger partial charge in [-0.25, -0.2) is 4.39 Å². The van der Waals surface area contributed by atoms with Crippen LogP contribution in [0.2, 0.25) is 0 Å². The fourth-order valence-electron chi connectivity index (χ4n) is 1.86. The van der Waals surface area contributed by atoms with E-state index in [4.69, 9.17) is 0 Å². The highest BCUT2D eigenvalue weighted by molar-refractivity contribution is 5.94. The molecule has 0 bridgehead atoms. The summed E-state index contributed by atoms with van der Waals surface area (Å²) in [4.78, 5) is 11.8. The highest BCUT2D eigenvalue weighted by Gasteiger charge is 2.20. The number of carbonyl (C=O) groups excluding carboxylic acids is 1. The van der Waals surface area contributed by atoms with Gasteiger partial charge >= 0.3 is 0 Å². The summed E-state index contributed by atoms with van der Waals surface area (Å²) in [5.41, 5.74) is 0.250. The highest BCUT2D eigenvalue weighted by Crippen LogP contribution is 2.14. The molecule has 0 aromatic heterocycles. The Morgan fingerprint density at radius 3 is 2.88 bits per heavy atom. The van der Waals surface area contributed by atoms with Crippen molar-refractivity contribution in [2.24, 2.45) is 0 Å². The van der Waals surface area contributed by atoms with Gasteiger partial charge in [-0.05, 0) is 31.5 Å². The molecule has 16 heavy (non-hydrogen) atoms. The predicted molar refractivity (Wildman–Crippen MR) is 60.7 cm³/mol. The summed E-state index contributed by atoms with van der Waals surface area (Å²) in [6.45, 7) is 0.857. The van der Waals surface area contributed by atoms with Crippen molar-refractivity contribution in [2.75, 3.05) is 11.9 Å². The standard InChI is InChI=1S/C12H15FN2O/c13-9-5-1-2-6-10(9)15-12(16)11-7-3-4-8-14-11/h1-2,5-6,11,14H,3-4,7-8H2,(H,15,16). The van der Waals surface area contributed by atoms with Crippen LogP contribution in [0.5, 0.6) is 0 Å². The Labute approximate surface area is 94.0 Å². The zero-order valence-electron chi connectivity index (χ0n) is 9.00. The second-order valence-electron chi connectivity index (χ2n) is 3.97. The van der Waals surface area contributed by atoms with Crippen molar-refractivity contribution in [3.8, 4) is 0 Å². The van der Waals surface area contributed by atoms with Gasteiger partial charge in [-0.3, -0.25) is 4.79 Å². The number of para-hydroxylation sites is 1. The first-order chi connectivity index (χ1) is 7.77. The lowest BCUT2D eigenvalue weighted by Gasteiger charge is -2.22. The molecule has 2 rings (SSSR count). The third kappa shape index (κ3) is 2.58. The van der Waals surface area contributed by atoms with Crippen molar-refractivity contribution in [1.82, 2.24) is 5.32 Å². The third-order valence-corrected chi connectivity index (χ3v) is 2.76. The Morgan fingerprint density at radius 1 is 1.38 bits per heavy atom. The number of benzene rings is 1. The van der Waals surface area contributed by atoms with Gasteiger partial charge in [0.05, 0.1) is 11.7 Å². The summed E-state index contributed by atoms with van der Waals surface area (Å²) >= 11 is 0. The average Bonchev–Trinajstić information content (AvgIpc) is 2.33. The molecular formula is C12H15FN2O. The molecule has 2 N–H and O–H groups in total. The van der Waals surface area contributed by atoms with Crippen LogP contribution in [0.4, 0.5) is 10.1 Å².